The maximum atomic E-state index is 14.5. The normalized spacial score (nSPS) is 11.2. The summed E-state index contributed by atoms with van der Waals surface area (Å²) in [6.45, 7) is 0. The number of nitrogens with one attached hydrogen (secondary N) is 3. The molecule has 0 radical (unpaired) electrons. The van der Waals surface area contributed by atoms with E-state index >= 15 is 0 Å². The standard InChI is InChI=1S/C30H19ClF5N3O3S/c31-20-10-5-11-21(32)19(20)13-24(38-29(41)16-6-2-1-3-7-16)30(42)37-17-8-4-9-18(12-17)43-15-25(40)39-28-26(35)22(33)14-23(34)27(28)36/h1-14H,15H2,(H,37,42)(H,38,41)(H,39,40)/b24-13+. The van der Waals surface area contributed by atoms with Gasteiger partial charge in [-0.05, 0) is 48.5 Å². The fraction of sp³-hybridized carbons (Fsp3) is 0.0333. The molecule has 4 aromatic rings. The summed E-state index contributed by atoms with van der Waals surface area (Å²) in [4.78, 5) is 38.7. The number of hydrogen-bond donors (Lipinski definition) is 3. The lowest BCUT2D eigenvalue weighted by Crippen LogP contribution is -2.30. The summed E-state index contributed by atoms with van der Waals surface area (Å²) in [5, 5.41) is 6.84. The molecule has 0 fully saturated rings. The van der Waals surface area contributed by atoms with Crippen LogP contribution in [0.1, 0.15) is 15.9 Å². The van der Waals surface area contributed by atoms with Crippen molar-refractivity contribution in [2.45, 2.75) is 4.90 Å². The van der Waals surface area contributed by atoms with E-state index in [1.54, 1.807) is 24.3 Å². The highest BCUT2D eigenvalue weighted by atomic mass is 35.5. The van der Waals surface area contributed by atoms with E-state index in [0.717, 1.165) is 23.9 Å². The quantitative estimate of drug-likeness (QED) is 0.0791. The maximum absolute atomic E-state index is 14.5. The Bertz CT molecular complexity index is 1690. The fourth-order valence-electron chi connectivity index (χ4n) is 3.60. The van der Waals surface area contributed by atoms with Crippen molar-refractivity contribution < 1.29 is 36.3 Å². The Hall–Kier alpha value is -4.68. The number of benzene rings is 4. The predicted octanol–water partition coefficient (Wildman–Crippen LogP) is 7.18. The summed E-state index contributed by atoms with van der Waals surface area (Å²) >= 11 is 7.00. The number of anilines is 2. The molecule has 6 nitrogen and oxygen atoms in total. The summed E-state index contributed by atoms with van der Waals surface area (Å²) in [6, 6.07) is 18.0. The van der Waals surface area contributed by atoms with Gasteiger partial charge >= 0.3 is 0 Å². The van der Waals surface area contributed by atoms with Gasteiger partial charge in [0.25, 0.3) is 11.8 Å². The van der Waals surface area contributed by atoms with Gasteiger partial charge in [0, 0.05) is 27.8 Å². The number of carbonyl (C=O) groups is 3. The average Bonchev–Trinajstić information content (AvgIpc) is 2.99. The van der Waals surface area contributed by atoms with Crippen molar-refractivity contribution in [1.29, 1.82) is 0 Å². The monoisotopic (exact) mass is 631 g/mol. The van der Waals surface area contributed by atoms with E-state index in [0.29, 0.717) is 4.90 Å². The molecule has 0 aliphatic rings. The number of halogens is 6. The van der Waals surface area contributed by atoms with Crippen molar-refractivity contribution in [3.8, 4) is 0 Å². The zero-order valence-corrected chi connectivity index (χ0v) is 23.3. The third-order valence-electron chi connectivity index (χ3n) is 5.66. The Labute approximate surface area is 250 Å². The SMILES string of the molecule is O=C(CSc1cccc(NC(=O)/C(=C\c2c(F)cccc2Cl)NC(=O)c2ccccc2)c1)Nc1c(F)c(F)cc(F)c1F. The molecule has 220 valence electrons. The average molecular weight is 632 g/mol. The molecule has 0 aliphatic heterocycles. The van der Waals surface area contributed by atoms with E-state index in [2.05, 4.69) is 10.6 Å². The Balaban J connectivity index is 1.49. The summed E-state index contributed by atoms with van der Waals surface area (Å²) in [7, 11) is 0. The van der Waals surface area contributed by atoms with Crippen molar-refractivity contribution in [3.63, 3.8) is 0 Å². The molecule has 43 heavy (non-hydrogen) atoms. The number of rotatable bonds is 9. The Morgan fingerprint density at radius 3 is 2.12 bits per heavy atom. The van der Waals surface area contributed by atoms with Crippen LogP contribution < -0.4 is 16.0 Å². The first-order valence-corrected chi connectivity index (χ1v) is 13.6. The lowest BCUT2D eigenvalue weighted by molar-refractivity contribution is -0.114. The molecule has 4 aromatic carbocycles. The smallest absolute Gasteiger partial charge is 0.272 e. The van der Waals surface area contributed by atoms with Gasteiger partial charge in [0.15, 0.2) is 23.3 Å². The minimum absolute atomic E-state index is 0.00308. The molecule has 0 atom stereocenters. The van der Waals surface area contributed by atoms with Crippen LogP contribution in [0.15, 0.2) is 89.5 Å². The molecule has 4 rings (SSSR count). The van der Waals surface area contributed by atoms with Crippen LogP contribution in [0.2, 0.25) is 5.02 Å². The second-order valence-electron chi connectivity index (χ2n) is 8.68. The molecular formula is C30H19ClF5N3O3S. The summed E-state index contributed by atoms with van der Waals surface area (Å²) in [5.41, 5.74) is -1.28. The van der Waals surface area contributed by atoms with Crippen LogP contribution in [0.3, 0.4) is 0 Å². The largest absolute Gasteiger partial charge is 0.321 e. The van der Waals surface area contributed by atoms with Crippen LogP contribution in [-0.2, 0) is 9.59 Å². The van der Waals surface area contributed by atoms with Crippen molar-refractivity contribution >= 4 is 58.5 Å². The van der Waals surface area contributed by atoms with Gasteiger partial charge in [0.1, 0.15) is 17.2 Å². The Kier molecular flexibility index (Phi) is 10.2. The van der Waals surface area contributed by atoms with Gasteiger partial charge in [-0.2, -0.15) is 0 Å². The zero-order valence-electron chi connectivity index (χ0n) is 21.7. The molecule has 0 unspecified atom stereocenters. The number of thioether (sulfide) groups is 1. The third-order valence-corrected chi connectivity index (χ3v) is 6.98. The lowest BCUT2D eigenvalue weighted by Gasteiger charge is -2.13. The maximum Gasteiger partial charge on any atom is 0.272 e. The third kappa shape index (κ3) is 7.99. The second-order valence-corrected chi connectivity index (χ2v) is 10.1. The molecule has 0 saturated carbocycles. The van der Waals surface area contributed by atoms with Gasteiger partial charge in [-0.1, -0.05) is 41.9 Å². The highest BCUT2D eigenvalue weighted by molar-refractivity contribution is 8.00. The van der Waals surface area contributed by atoms with Gasteiger partial charge in [-0.25, -0.2) is 22.0 Å². The Morgan fingerprint density at radius 2 is 1.44 bits per heavy atom. The van der Waals surface area contributed by atoms with Crippen LogP contribution in [0, 0.1) is 29.1 Å². The topological polar surface area (TPSA) is 87.3 Å². The van der Waals surface area contributed by atoms with Gasteiger partial charge in [-0.3, -0.25) is 14.4 Å². The minimum Gasteiger partial charge on any atom is -0.321 e. The molecule has 0 spiro atoms. The molecule has 3 N–H and O–H groups in total. The van der Waals surface area contributed by atoms with Crippen molar-refractivity contribution in [1.82, 2.24) is 5.32 Å². The molecule has 0 bridgehead atoms. The minimum atomic E-state index is -1.75. The first-order chi connectivity index (χ1) is 20.5. The van der Waals surface area contributed by atoms with Crippen molar-refractivity contribution in [2.75, 3.05) is 16.4 Å². The van der Waals surface area contributed by atoms with Gasteiger partial charge in [-0.15, -0.1) is 11.8 Å². The van der Waals surface area contributed by atoms with Gasteiger partial charge < -0.3 is 16.0 Å². The predicted molar refractivity (Wildman–Crippen MR) is 154 cm³/mol. The van der Waals surface area contributed by atoms with Crippen LogP contribution in [0.25, 0.3) is 6.08 Å². The lowest BCUT2D eigenvalue weighted by atomic mass is 10.1. The number of carbonyl (C=O) groups excluding carboxylic acids is 3. The van der Waals surface area contributed by atoms with Gasteiger partial charge in [0.2, 0.25) is 5.91 Å². The highest BCUT2D eigenvalue weighted by Gasteiger charge is 2.21. The van der Waals surface area contributed by atoms with E-state index in [9.17, 15) is 36.3 Å². The first-order valence-electron chi connectivity index (χ1n) is 12.2. The van der Waals surface area contributed by atoms with E-state index in [1.807, 2.05) is 5.32 Å². The van der Waals surface area contributed by atoms with Crippen LogP contribution in [0.5, 0.6) is 0 Å². The summed E-state index contributed by atoms with van der Waals surface area (Å²) in [5.74, 6) is -10.4. The Morgan fingerprint density at radius 1 is 0.767 bits per heavy atom. The second kappa shape index (κ2) is 14.0. The molecule has 3 amide bonds. The highest BCUT2D eigenvalue weighted by Crippen LogP contribution is 2.27. The zero-order chi connectivity index (χ0) is 31.1. The number of amides is 3. The summed E-state index contributed by atoms with van der Waals surface area (Å²) < 4.78 is 69.1. The van der Waals surface area contributed by atoms with E-state index < -0.39 is 58.2 Å². The van der Waals surface area contributed by atoms with Crippen LogP contribution in [-0.4, -0.2) is 23.5 Å². The van der Waals surface area contributed by atoms with Crippen molar-refractivity contribution in [2.24, 2.45) is 0 Å². The van der Waals surface area contributed by atoms with E-state index in [-0.39, 0.29) is 33.6 Å². The first kappa shape index (κ1) is 31.3. The molecule has 13 heteroatoms. The molecular weight excluding hydrogens is 613 g/mol. The van der Waals surface area contributed by atoms with Crippen molar-refractivity contribution in [3.05, 3.63) is 130 Å². The molecule has 0 saturated heterocycles. The van der Waals surface area contributed by atoms with Crippen LogP contribution >= 0.6 is 23.4 Å². The summed E-state index contributed by atoms with van der Waals surface area (Å²) in [6.07, 6.45) is 1.09. The molecule has 0 aromatic heterocycles. The van der Waals surface area contributed by atoms with E-state index in [1.165, 1.54) is 42.5 Å². The molecule has 0 aliphatic carbocycles. The van der Waals surface area contributed by atoms with Crippen LogP contribution in [0.4, 0.5) is 33.3 Å². The van der Waals surface area contributed by atoms with E-state index in [4.69, 9.17) is 11.6 Å². The number of hydrogen-bond acceptors (Lipinski definition) is 4. The molecule has 0 heterocycles. The fourth-order valence-corrected chi connectivity index (χ4v) is 4.58. The van der Waals surface area contributed by atoms with Gasteiger partial charge in [0.05, 0.1) is 10.8 Å².